The Hall–Kier alpha value is -1.31. The van der Waals surface area contributed by atoms with Crippen molar-refractivity contribution in [2.24, 2.45) is 0 Å². The van der Waals surface area contributed by atoms with Crippen molar-refractivity contribution in [3.8, 4) is 6.07 Å². The fraction of sp³-hybridized carbons (Fsp3) is 0.154. The van der Waals surface area contributed by atoms with E-state index in [1.807, 2.05) is 23.6 Å². The molecule has 2 aromatic rings. The molecule has 0 unspecified atom stereocenters. The van der Waals surface area contributed by atoms with Crippen molar-refractivity contribution in [2.75, 3.05) is 5.32 Å². The summed E-state index contributed by atoms with van der Waals surface area (Å²) in [5, 5.41) is 14.0. The number of nitrogens with zero attached hydrogens (tertiary/aromatic N) is 1. The number of benzene rings is 1. The molecule has 0 bridgehead atoms. The Balaban J connectivity index is 2.02. The third-order valence-electron chi connectivity index (χ3n) is 2.41. The van der Waals surface area contributed by atoms with Gasteiger partial charge < -0.3 is 5.32 Å². The van der Waals surface area contributed by atoms with Crippen LogP contribution in [-0.4, -0.2) is 0 Å². The molecule has 2 rings (SSSR count). The minimum absolute atomic E-state index is 0.735. The second kappa shape index (κ2) is 5.35. The Kier molecular flexibility index (Phi) is 3.82. The SMILES string of the molecule is Cc1cc(NCc2cc(C#N)cs2)ccc1Br. The van der Waals surface area contributed by atoms with Gasteiger partial charge in [0, 0.05) is 27.0 Å². The minimum Gasteiger partial charge on any atom is -0.380 e. The number of hydrogen-bond donors (Lipinski definition) is 1. The first-order chi connectivity index (χ1) is 8.19. The fourth-order valence-corrected chi connectivity index (χ4v) is 2.47. The van der Waals surface area contributed by atoms with Gasteiger partial charge in [-0.3, -0.25) is 0 Å². The van der Waals surface area contributed by atoms with Crippen LogP contribution in [0.4, 0.5) is 5.69 Å². The normalized spacial score (nSPS) is 9.94. The lowest BCUT2D eigenvalue weighted by molar-refractivity contribution is 1.19. The Labute approximate surface area is 113 Å². The molecule has 1 N–H and O–H groups in total. The van der Waals surface area contributed by atoms with Crippen LogP contribution in [0, 0.1) is 18.3 Å². The molecule has 2 nitrogen and oxygen atoms in total. The van der Waals surface area contributed by atoms with E-state index in [1.165, 1.54) is 10.4 Å². The summed E-state index contributed by atoms with van der Waals surface area (Å²) >= 11 is 5.08. The van der Waals surface area contributed by atoms with Crippen molar-refractivity contribution in [1.29, 1.82) is 5.26 Å². The van der Waals surface area contributed by atoms with Gasteiger partial charge in [0.1, 0.15) is 6.07 Å². The quantitative estimate of drug-likeness (QED) is 0.917. The van der Waals surface area contributed by atoms with Crippen LogP contribution < -0.4 is 5.32 Å². The highest BCUT2D eigenvalue weighted by Gasteiger charge is 2.00. The van der Waals surface area contributed by atoms with Crippen LogP contribution >= 0.6 is 27.3 Å². The summed E-state index contributed by atoms with van der Waals surface area (Å²) in [6, 6.07) is 10.2. The molecule has 0 aliphatic heterocycles. The Morgan fingerprint density at radius 2 is 2.24 bits per heavy atom. The molecular weight excluding hydrogens is 296 g/mol. The summed E-state index contributed by atoms with van der Waals surface area (Å²) < 4.78 is 1.12. The van der Waals surface area contributed by atoms with Crippen LogP contribution in [0.3, 0.4) is 0 Å². The molecule has 0 saturated heterocycles. The van der Waals surface area contributed by atoms with Gasteiger partial charge in [0.05, 0.1) is 5.56 Å². The van der Waals surface area contributed by atoms with Gasteiger partial charge in [0.25, 0.3) is 0 Å². The molecule has 0 aliphatic rings. The van der Waals surface area contributed by atoms with Gasteiger partial charge in [-0.1, -0.05) is 15.9 Å². The average molecular weight is 307 g/mol. The monoisotopic (exact) mass is 306 g/mol. The number of anilines is 1. The molecule has 1 aromatic carbocycles. The van der Waals surface area contributed by atoms with E-state index in [-0.39, 0.29) is 0 Å². The first kappa shape index (κ1) is 12.2. The first-order valence-corrected chi connectivity index (χ1v) is 6.84. The summed E-state index contributed by atoms with van der Waals surface area (Å²) in [5.74, 6) is 0. The molecule has 0 atom stereocenters. The van der Waals surface area contributed by atoms with Gasteiger partial charge in [0.15, 0.2) is 0 Å². The zero-order chi connectivity index (χ0) is 12.3. The Morgan fingerprint density at radius 3 is 2.88 bits per heavy atom. The minimum atomic E-state index is 0.735. The van der Waals surface area contributed by atoms with Crippen LogP contribution in [0.1, 0.15) is 16.0 Å². The number of halogens is 1. The summed E-state index contributed by atoms with van der Waals surface area (Å²) in [6.07, 6.45) is 0. The predicted octanol–water partition coefficient (Wildman–Crippen LogP) is 4.30. The predicted molar refractivity (Wildman–Crippen MR) is 75.2 cm³/mol. The second-order valence-electron chi connectivity index (χ2n) is 3.73. The summed E-state index contributed by atoms with van der Waals surface area (Å²) in [5.41, 5.74) is 3.04. The van der Waals surface area contributed by atoms with Crippen LogP contribution in [-0.2, 0) is 6.54 Å². The van der Waals surface area contributed by atoms with Gasteiger partial charge in [-0.25, -0.2) is 0 Å². The first-order valence-electron chi connectivity index (χ1n) is 5.16. The highest BCUT2D eigenvalue weighted by atomic mass is 79.9. The number of aryl methyl sites for hydroxylation is 1. The molecule has 1 aromatic heterocycles. The van der Waals surface area contributed by atoms with Crippen molar-refractivity contribution in [1.82, 2.24) is 0 Å². The molecule has 0 radical (unpaired) electrons. The number of thiophene rings is 1. The maximum atomic E-state index is 8.73. The molecule has 1 heterocycles. The largest absolute Gasteiger partial charge is 0.380 e. The van der Waals surface area contributed by atoms with Crippen LogP contribution in [0.2, 0.25) is 0 Å². The molecule has 0 aliphatic carbocycles. The van der Waals surface area contributed by atoms with Crippen LogP contribution in [0.25, 0.3) is 0 Å². The van der Waals surface area contributed by atoms with E-state index in [2.05, 4.69) is 40.3 Å². The summed E-state index contributed by atoms with van der Waals surface area (Å²) in [4.78, 5) is 1.17. The molecule has 17 heavy (non-hydrogen) atoms. The molecule has 86 valence electrons. The number of nitrogens with one attached hydrogen (secondary N) is 1. The third-order valence-corrected chi connectivity index (χ3v) is 4.23. The highest BCUT2D eigenvalue weighted by molar-refractivity contribution is 9.10. The van der Waals surface area contributed by atoms with Gasteiger partial charge in [0.2, 0.25) is 0 Å². The van der Waals surface area contributed by atoms with E-state index < -0.39 is 0 Å². The lowest BCUT2D eigenvalue weighted by atomic mass is 10.2. The van der Waals surface area contributed by atoms with Gasteiger partial charge in [-0.05, 0) is 36.8 Å². The van der Waals surface area contributed by atoms with Crippen molar-refractivity contribution >= 4 is 33.0 Å². The van der Waals surface area contributed by atoms with E-state index >= 15 is 0 Å². The second-order valence-corrected chi connectivity index (χ2v) is 5.58. The Morgan fingerprint density at radius 1 is 1.41 bits per heavy atom. The zero-order valence-corrected chi connectivity index (χ0v) is 11.7. The van der Waals surface area contributed by atoms with E-state index in [9.17, 15) is 0 Å². The average Bonchev–Trinajstić information content (AvgIpc) is 2.79. The highest BCUT2D eigenvalue weighted by Crippen LogP contribution is 2.21. The smallest absolute Gasteiger partial charge is 0.100 e. The maximum absolute atomic E-state index is 8.73. The lowest BCUT2D eigenvalue weighted by Crippen LogP contribution is -1.97. The van der Waals surface area contributed by atoms with Crippen molar-refractivity contribution in [3.63, 3.8) is 0 Å². The van der Waals surface area contributed by atoms with Gasteiger partial charge in [-0.15, -0.1) is 11.3 Å². The van der Waals surface area contributed by atoms with Crippen molar-refractivity contribution in [2.45, 2.75) is 13.5 Å². The molecule has 0 spiro atoms. The maximum Gasteiger partial charge on any atom is 0.100 e. The number of rotatable bonds is 3. The third kappa shape index (κ3) is 3.09. The van der Waals surface area contributed by atoms with E-state index in [1.54, 1.807) is 11.3 Å². The van der Waals surface area contributed by atoms with Crippen LogP contribution in [0.5, 0.6) is 0 Å². The number of nitriles is 1. The Bertz CT molecular complexity index is 569. The molecule has 0 amide bonds. The van der Waals surface area contributed by atoms with Crippen molar-refractivity contribution in [3.05, 3.63) is 50.1 Å². The summed E-state index contributed by atoms with van der Waals surface area (Å²) in [6.45, 7) is 2.82. The van der Waals surface area contributed by atoms with Gasteiger partial charge in [-0.2, -0.15) is 5.26 Å². The summed E-state index contributed by atoms with van der Waals surface area (Å²) in [7, 11) is 0. The standard InChI is InChI=1S/C13H11BrN2S/c1-9-4-11(2-3-13(9)14)16-7-12-5-10(6-15)8-17-12/h2-5,8,16H,7H2,1H3. The van der Waals surface area contributed by atoms with Crippen LogP contribution in [0.15, 0.2) is 34.1 Å². The van der Waals surface area contributed by atoms with E-state index in [0.717, 1.165) is 22.3 Å². The van der Waals surface area contributed by atoms with Gasteiger partial charge >= 0.3 is 0 Å². The molecule has 0 saturated carbocycles. The molecule has 4 heteroatoms. The molecule has 0 fully saturated rings. The topological polar surface area (TPSA) is 35.8 Å². The molecular formula is C13H11BrN2S. The lowest BCUT2D eigenvalue weighted by Gasteiger charge is -2.06. The number of hydrogen-bond acceptors (Lipinski definition) is 3. The van der Waals surface area contributed by atoms with Crippen molar-refractivity contribution < 1.29 is 0 Å². The van der Waals surface area contributed by atoms with E-state index in [0.29, 0.717) is 0 Å². The zero-order valence-electron chi connectivity index (χ0n) is 9.33. The van der Waals surface area contributed by atoms with E-state index in [4.69, 9.17) is 5.26 Å². The fourth-order valence-electron chi connectivity index (χ4n) is 1.48.